The van der Waals surface area contributed by atoms with Crippen LogP contribution < -0.4 is 0 Å². The quantitative estimate of drug-likeness (QED) is 0.777. The summed E-state index contributed by atoms with van der Waals surface area (Å²) in [6.45, 7) is 8.93. The average Bonchev–Trinajstić information content (AvgIpc) is 2.48. The van der Waals surface area contributed by atoms with E-state index in [-0.39, 0.29) is 10.5 Å². The summed E-state index contributed by atoms with van der Waals surface area (Å²) in [7, 11) is -4.00. The molecule has 23 heavy (non-hydrogen) atoms. The maximum Gasteiger partial charge on any atom is 0.416 e. The van der Waals surface area contributed by atoms with Crippen LogP contribution in [0.15, 0.2) is 53.4 Å². The summed E-state index contributed by atoms with van der Waals surface area (Å²) in [4.78, 5) is 3.06. The molecule has 0 aromatic heterocycles. The number of rotatable bonds is 3. The molecule has 0 fully saturated rings. The Morgan fingerprint density at radius 1 is 1.00 bits per heavy atom. The lowest BCUT2D eigenvalue weighted by atomic mass is 10.1. The molecule has 3 nitrogen and oxygen atoms in total. The Labute approximate surface area is 132 Å². The lowest BCUT2D eigenvalue weighted by molar-refractivity contribution is -0.137. The van der Waals surface area contributed by atoms with Gasteiger partial charge in [0.25, 0.3) is 9.84 Å². The number of halogens is 3. The first kappa shape index (κ1) is 17.0. The second-order valence-electron chi connectivity index (χ2n) is 4.96. The molecule has 7 heteroatoms. The number of hydrogen-bond donors (Lipinski definition) is 0. The summed E-state index contributed by atoms with van der Waals surface area (Å²) >= 11 is 0. The van der Waals surface area contributed by atoms with E-state index >= 15 is 0 Å². The van der Waals surface area contributed by atoms with E-state index in [1.165, 1.54) is 12.1 Å². The summed E-state index contributed by atoms with van der Waals surface area (Å²) in [5.74, 6) is 0. The fraction of sp³-hybridized carbons (Fsp3) is 0.188. The van der Waals surface area contributed by atoms with Crippen molar-refractivity contribution in [3.05, 3.63) is 76.6 Å². The Hall–Kier alpha value is -2.33. The fourth-order valence-corrected chi connectivity index (χ4v) is 3.44. The molecule has 0 saturated heterocycles. The van der Waals surface area contributed by atoms with Crippen LogP contribution in [0.1, 0.15) is 22.1 Å². The number of nitrogens with zero attached hydrogens (tertiary/aromatic N) is 1. The monoisotopic (exact) mass is 339 g/mol. The maximum atomic E-state index is 12.6. The van der Waals surface area contributed by atoms with Crippen LogP contribution >= 0.6 is 0 Å². The Kier molecular flexibility index (Phi) is 4.48. The topological polar surface area (TPSA) is 38.5 Å². The van der Waals surface area contributed by atoms with Crippen molar-refractivity contribution >= 4 is 9.84 Å². The van der Waals surface area contributed by atoms with Gasteiger partial charge in [0.05, 0.1) is 16.0 Å². The van der Waals surface area contributed by atoms with Crippen LogP contribution in [0, 0.1) is 13.5 Å². The lowest BCUT2D eigenvalue weighted by Crippen LogP contribution is -2.11. The van der Waals surface area contributed by atoms with Gasteiger partial charge in [-0.3, -0.25) is 4.85 Å². The van der Waals surface area contributed by atoms with Crippen LogP contribution in [0.4, 0.5) is 13.2 Å². The zero-order valence-electron chi connectivity index (χ0n) is 12.0. The summed E-state index contributed by atoms with van der Waals surface area (Å²) < 4.78 is 62.7. The number of benzene rings is 2. The van der Waals surface area contributed by atoms with Gasteiger partial charge >= 0.3 is 11.6 Å². The third kappa shape index (κ3) is 3.54. The van der Waals surface area contributed by atoms with E-state index < -0.39 is 27.0 Å². The summed E-state index contributed by atoms with van der Waals surface area (Å²) in [5.41, 5.74) is -0.0240. The van der Waals surface area contributed by atoms with Gasteiger partial charge in [-0.2, -0.15) is 13.2 Å². The molecule has 0 spiro atoms. The number of aryl methyl sites for hydroxylation is 1. The van der Waals surface area contributed by atoms with Gasteiger partial charge in [0.15, 0.2) is 0 Å². The van der Waals surface area contributed by atoms with Gasteiger partial charge in [0.2, 0.25) is 0 Å². The van der Waals surface area contributed by atoms with Crippen molar-refractivity contribution in [1.82, 2.24) is 0 Å². The van der Waals surface area contributed by atoms with Crippen LogP contribution in [0.3, 0.4) is 0 Å². The van der Waals surface area contributed by atoms with Crippen molar-refractivity contribution in [2.75, 3.05) is 0 Å². The largest absolute Gasteiger partial charge is 0.416 e. The first-order valence-corrected chi connectivity index (χ1v) is 8.05. The minimum Gasteiger partial charge on any atom is -0.291 e. The van der Waals surface area contributed by atoms with Crippen LogP contribution in [0.25, 0.3) is 4.85 Å². The molecule has 0 heterocycles. The van der Waals surface area contributed by atoms with E-state index in [4.69, 9.17) is 6.57 Å². The molecule has 120 valence electrons. The SMILES string of the molecule is [C-]#[N+][C@@H](c1ccc(C(F)(F)F)cc1)S(=O)(=O)c1ccc(C)cc1. The molecule has 2 aromatic rings. The minimum absolute atomic E-state index is 0.00794. The third-order valence-corrected chi connectivity index (χ3v) is 5.18. The molecule has 2 aromatic carbocycles. The van der Waals surface area contributed by atoms with E-state index in [0.29, 0.717) is 0 Å². The van der Waals surface area contributed by atoms with Gasteiger partial charge < -0.3 is 0 Å². The van der Waals surface area contributed by atoms with Crippen LogP contribution in [0.2, 0.25) is 0 Å². The van der Waals surface area contributed by atoms with Crippen molar-refractivity contribution in [2.24, 2.45) is 0 Å². The molecular weight excluding hydrogens is 327 g/mol. The normalized spacial score (nSPS) is 13.3. The Morgan fingerprint density at radius 2 is 1.52 bits per heavy atom. The summed E-state index contributed by atoms with van der Waals surface area (Å²) in [6.07, 6.45) is -4.51. The molecule has 0 unspecified atom stereocenters. The predicted octanol–water partition coefficient (Wildman–Crippen LogP) is 4.41. The van der Waals surface area contributed by atoms with Crippen molar-refractivity contribution in [1.29, 1.82) is 0 Å². The van der Waals surface area contributed by atoms with Crippen molar-refractivity contribution in [3.63, 3.8) is 0 Å². The van der Waals surface area contributed by atoms with Gasteiger partial charge in [0, 0.05) is 0 Å². The second kappa shape index (κ2) is 6.05. The van der Waals surface area contributed by atoms with Gasteiger partial charge in [-0.25, -0.2) is 15.0 Å². The molecule has 0 bridgehead atoms. The van der Waals surface area contributed by atoms with E-state index in [2.05, 4.69) is 4.85 Å². The van der Waals surface area contributed by atoms with Gasteiger partial charge in [-0.1, -0.05) is 17.7 Å². The first-order valence-electron chi connectivity index (χ1n) is 6.50. The van der Waals surface area contributed by atoms with Crippen molar-refractivity contribution in [2.45, 2.75) is 23.4 Å². The smallest absolute Gasteiger partial charge is 0.291 e. The molecular formula is C16H12F3NO2S. The van der Waals surface area contributed by atoms with Gasteiger partial charge in [-0.05, 0) is 43.3 Å². The number of hydrogen-bond acceptors (Lipinski definition) is 2. The van der Waals surface area contributed by atoms with E-state index in [1.54, 1.807) is 19.1 Å². The zero-order valence-corrected chi connectivity index (χ0v) is 12.8. The highest BCUT2D eigenvalue weighted by molar-refractivity contribution is 7.91. The molecule has 0 N–H and O–H groups in total. The highest BCUT2D eigenvalue weighted by Crippen LogP contribution is 2.33. The first-order chi connectivity index (χ1) is 10.7. The standard InChI is InChI=1S/C16H12F3NO2S/c1-11-3-9-14(10-4-11)23(21,22)15(20-2)12-5-7-13(8-6-12)16(17,18)19/h3-10,15H,1H3/t15-/m1/s1. The van der Waals surface area contributed by atoms with E-state index in [9.17, 15) is 21.6 Å². The van der Waals surface area contributed by atoms with Crippen molar-refractivity contribution in [3.8, 4) is 0 Å². The molecule has 0 aliphatic carbocycles. The highest BCUT2D eigenvalue weighted by atomic mass is 32.2. The number of sulfone groups is 1. The molecule has 0 aliphatic heterocycles. The zero-order chi connectivity index (χ0) is 17.3. The summed E-state index contributed by atoms with van der Waals surface area (Å²) in [6, 6.07) is 9.56. The maximum absolute atomic E-state index is 12.6. The third-order valence-electron chi connectivity index (χ3n) is 3.28. The van der Waals surface area contributed by atoms with Crippen LogP contribution in [0.5, 0.6) is 0 Å². The fourth-order valence-electron chi connectivity index (χ4n) is 2.02. The molecule has 0 saturated carbocycles. The highest BCUT2D eigenvalue weighted by Gasteiger charge is 2.36. The Bertz CT molecular complexity index is 833. The molecule has 0 aliphatic rings. The Balaban J connectivity index is 2.43. The second-order valence-corrected chi connectivity index (χ2v) is 6.97. The molecule has 0 radical (unpaired) electrons. The minimum atomic E-state index is -4.51. The van der Waals surface area contributed by atoms with Crippen molar-refractivity contribution < 1.29 is 21.6 Å². The lowest BCUT2D eigenvalue weighted by Gasteiger charge is -2.10. The van der Waals surface area contributed by atoms with E-state index in [0.717, 1.165) is 29.8 Å². The molecule has 2 rings (SSSR count). The summed E-state index contributed by atoms with van der Waals surface area (Å²) in [5, 5.41) is -1.58. The number of alkyl halides is 3. The Morgan fingerprint density at radius 3 is 1.96 bits per heavy atom. The van der Waals surface area contributed by atoms with Crippen LogP contribution in [-0.2, 0) is 16.0 Å². The molecule has 1 atom stereocenters. The van der Waals surface area contributed by atoms with Crippen LogP contribution in [-0.4, -0.2) is 8.42 Å². The van der Waals surface area contributed by atoms with Gasteiger partial charge in [-0.15, -0.1) is 0 Å². The average molecular weight is 339 g/mol. The van der Waals surface area contributed by atoms with Gasteiger partial charge in [0.1, 0.15) is 0 Å². The molecule has 0 amide bonds. The predicted molar refractivity (Wildman–Crippen MR) is 79.2 cm³/mol. The van der Waals surface area contributed by atoms with E-state index in [1.807, 2.05) is 0 Å².